The van der Waals surface area contributed by atoms with Crippen molar-refractivity contribution in [2.45, 2.75) is 53.4 Å². The molecular weight excluding hydrogens is 692 g/mol. The summed E-state index contributed by atoms with van der Waals surface area (Å²) in [5, 5.41) is 31.3. The highest BCUT2D eigenvalue weighted by atomic mass is 16.5. The van der Waals surface area contributed by atoms with E-state index < -0.39 is 35.2 Å². The van der Waals surface area contributed by atoms with E-state index in [-0.39, 0.29) is 31.3 Å². The fraction of sp³-hybridized carbons (Fsp3) is 0.317. The van der Waals surface area contributed by atoms with Gasteiger partial charge in [-0.15, -0.1) is 0 Å². The molecule has 6 rings (SSSR count). The SMILES string of the molecule is C=Cc1c2[nH]c(c1C)C=C1NC(=Cc3[nH]c(c(CCC(=O)O)c3C)C=c3[nH]c(c(C)c3CCC(=O)O)=C2)[C@@]2(C)C1=CC=C(C(=O)OC)C2C(=O)OC.CO. The molecule has 1 saturated heterocycles. The van der Waals surface area contributed by atoms with Crippen LogP contribution in [0, 0.1) is 32.1 Å². The Morgan fingerprint density at radius 3 is 2.00 bits per heavy atom. The van der Waals surface area contributed by atoms with Gasteiger partial charge in [-0.2, -0.15) is 0 Å². The van der Waals surface area contributed by atoms with Gasteiger partial charge >= 0.3 is 23.9 Å². The van der Waals surface area contributed by atoms with Crippen molar-refractivity contribution in [3.05, 3.63) is 108 Å². The van der Waals surface area contributed by atoms with Crippen molar-refractivity contribution in [2.24, 2.45) is 11.3 Å². The number of hydrogen-bond acceptors (Lipinski definition) is 8. The van der Waals surface area contributed by atoms with Crippen LogP contribution in [0.4, 0.5) is 0 Å². The van der Waals surface area contributed by atoms with Gasteiger partial charge in [-0.05, 0) is 98.2 Å². The van der Waals surface area contributed by atoms with Crippen molar-refractivity contribution >= 4 is 54.3 Å². The molecule has 0 radical (unpaired) electrons. The summed E-state index contributed by atoms with van der Waals surface area (Å²) in [4.78, 5) is 60.8. The van der Waals surface area contributed by atoms with Crippen LogP contribution in [0.15, 0.2) is 41.3 Å². The Morgan fingerprint density at radius 2 is 1.39 bits per heavy atom. The second-order valence-corrected chi connectivity index (χ2v) is 13.5. The standard InChI is InChI=1S/C40H42N4O8.CH4O/c1-8-22-19(2)28-16-33-26-12-9-25(38(49)51-6)37(39(50)52-7)40(26,5)34(44-33)18-29-21(4)24(11-14-36(47)48)32(43-29)17-31-23(10-13-35(45)46)20(3)27(42-31)15-30(22)41-28;1-2/h8-9,12,15-18,37,41-44H,1,10-11,13-14H2,2-7H3,(H,45,46)(H,47,48);2H,1H3/t37?,40-;/m1./s1. The number of nitrogens with one attached hydrogen (secondary N) is 4. The van der Waals surface area contributed by atoms with Crippen LogP contribution in [0.2, 0.25) is 0 Å². The number of H-pyrrole nitrogens is 3. The van der Waals surface area contributed by atoms with Gasteiger partial charge < -0.3 is 45.1 Å². The van der Waals surface area contributed by atoms with E-state index in [9.17, 15) is 29.4 Å². The molecule has 7 N–H and O–H groups in total. The number of aliphatic carboxylic acids is 2. The van der Waals surface area contributed by atoms with Crippen molar-refractivity contribution in [1.82, 2.24) is 20.3 Å². The molecule has 8 bridgehead atoms. The molecule has 0 spiro atoms. The average molecular weight is 739 g/mol. The van der Waals surface area contributed by atoms with Gasteiger partial charge in [0.25, 0.3) is 0 Å². The van der Waals surface area contributed by atoms with Crippen molar-refractivity contribution in [1.29, 1.82) is 0 Å². The highest BCUT2D eigenvalue weighted by Crippen LogP contribution is 2.55. The molecule has 13 nitrogen and oxygen atoms in total. The lowest BCUT2D eigenvalue weighted by atomic mass is 9.64. The predicted molar refractivity (Wildman–Crippen MR) is 204 cm³/mol. The molecular formula is C41H46N4O9. The number of aromatic nitrogens is 3. The number of aromatic amines is 3. The zero-order valence-corrected chi connectivity index (χ0v) is 31.4. The van der Waals surface area contributed by atoms with Crippen molar-refractivity contribution < 1.29 is 44.0 Å². The van der Waals surface area contributed by atoms with Gasteiger partial charge in [0.15, 0.2) is 0 Å². The van der Waals surface area contributed by atoms with Crippen molar-refractivity contribution in [3.63, 3.8) is 0 Å². The summed E-state index contributed by atoms with van der Waals surface area (Å²) < 4.78 is 10.4. The van der Waals surface area contributed by atoms with Crippen LogP contribution >= 0.6 is 0 Å². The molecule has 0 aromatic carbocycles. The Kier molecular flexibility index (Phi) is 11.2. The first kappa shape index (κ1) is 39.1. The summed E-state index contributed by atoms with van der Waals surface area (Å²) in [6, 6.07) is 0. The van der Waals surface area contributed by atoms with Gasteiger partial charge in [0.1, 0.15) is 5.92 Å². The van der Waals surface area contributed by atoms with Crippen LogP contribution in [-0.4, -0.2) is 75.5 Å². The molecule has 3 aromatic rings. The summed E-state index contributed by atoms with van der Waals surface area (Å²) in [5.74, 6) is -4.20. The third-order valence-corrected chi connectivity index (χ3v) is 10.7. The monoisotopic (exact) mass is 738 g/mol. The minimum absolute atomic E-state index is 0.0767. The Bertz CT molecular complexity index is 2330. The van der Waals surface area contributed by atoms with E-state index in [2.05, 4.69) is 26.8 Å². The maximum absolute atomic E-state index is 13.7. The Labute approximate surface area is 312 Å². The number of carboxylic acid groups (broad SMARTS) is 2. The van der Waals surface area contributed by atoms with E-state index in [1.54, 1.807) is 12.2 Å². The number of hydrogen-bond donors (Lipinski definition) is 7. The number of rotatable bonds is 9. The third-order valence-electron chi connectivity index (χ3n) is 10.7. The zero-order chi connectivity index (χ0) is 39.6. The van der Waals surface area contributed by atoms with E-state index in [0.29, 0.717) is 28.1 Å². The molecule has 3 aliphatic rings. The first-order valence-electron chi connectivity index (χ1n) is 17.4. The normalized spacial score (nSPS) is 18.1. The number of ether oxygens (including phenoxy) is 2. The fourth-order valence-corrected chi connectivity index (χ4v) is 7.76. The summed E-state index contributed by atoms with van der Waals surface area (Å²) in [6.45, 7) is 11.8. The minimum atomic E-state index is -1.13. The van der Waals surface area contributed by atoms with Crippen LogP contribution in [0.5, 0.6) is 0 Å². The van der Waals surface area contributed by atoms with Crippen LogP contribution in [0.3, 0.4) is 0 Å². The van der Waals surface area contributed by atoms with Crippen LogP contribution in [0.25, 0.3) is 30.4 Å². The number of methoxy groups -OCH3 is 2. The lowest BCUT2D eigenvalue weighted by Gasteiger charge is -2.36. The molecule has 0 amide bonds. The third kappa shape index (κ3) is 6.78. The zero-order valence-electron chi connectivity index (χ0n) is 31.4. The van der Waals surface area contributed by atoms with Gasteiger partial charge in [0.2, 0.25) is 0 Å². The fourth-order valence-electron chi connectivity index (χ4n) is 7.76. The van der Waals surface area contributed by atoms with E-state index in [1.807, 2.05) is 58.1 Å². The van der Waals surface area contributed by atoms with Crippen LogP contribution in [0.1, 0.15) is 75.9 Å². The Morgan fingerprint density at radius 1 is 0.778 bits per heavy atom. The maximum Gasteiger partial charge on any atom is 0.334 e. The largest absolute Gasteiger partial charge is 0.481 e. The number of allylic oxidation sites excluding steroid dienone is 4. The molecule has 3 aromatic heterocycles. The van der Waals surface area contributed by atoms with Crippen LogP contribution < -0.4 is 16.0 Å². The van der Waals surface area contributed by atoms with Gasteiger partial charge in [-0.3, -0.25) is 14.4 Å². The first-order valence-corrected chi connectivity index (χ1v) is 17.4. The highest BCUT2D eigenvalue weighted by Gasteiger charge is 2.55. The molecule has 13 heteroatoms. The molecule has 284 valence electrons. The summed E-state index contributed by atoms with van der Waals surface area (Å²) in [5.41, 5.74) is 9.05. The molecule has 2 atom stereocenters. The van der Waals surface area contributed by atoms with E-state index >= 15 is 0 Å². The number of aliphatic hydroxyl groups excluding tert-OH is 1. The molecule has 54 heavy (non-hydrogen) atoms. The van der Waals surface area contributed by atoms with Gasteiger partial charge in [0.05, 0.1) is 25.2 Å². The molecule has 1 unspecified atom stereocenters. The maximum atomic E-state index is 13.7. The predicted octanol–water partition coefficient (Wildman–Crippen LogP) is 3.67. The number of esters is 2. The number of aliphatic hydroxyl groups is 1. The van der Waals surface area contributed by atoms with Crippen molar-refractivity contribution in [2.75, 3.05) is 21.3 Å². The summed E-state index contributed by atoms with van der Waals surface area (Å²) in [6.07, 6.45) is 13.2. The van der Waals surface area contributed by atoms with E-state index in [0.717, 1.165) is 62.8 Å². The molecule has 1 fully saturated rings. The lowest BCUT2D eigenvalue weighted by molar-refractivity contribution is -0.150. The highest BCUT2D eigenvalue weighted by molar-refractivity contribution is 5.98. The number of fused-ring (bicyclic) bond motifs is 11. The van der Waals surface area contributed by atoms with Gasteiger partial charge in [0, 0.05) is 70.4 Å². The minimum Gasteiger partial charge on any atom is -0.481 e. The smallest absolute Gasteiger partial charge is 0.334 e. The molecule has 0 saturated carbocycles. The second kappa shape index (κ2) is 15.5. The summed E-state index contributed by atoms with van der Waals surface area (Å²) in [7, 11) is 3.55. The second-order valence-electron chi connectivity index (χ2n) is 13.5. The number of carboxylic acids is 2. The first-order chi connectivity index (χ1) is 25.7. The molecule has 1 aliphatic carbocycles. The Hall–Kier alpha value is -6.08. The summed E-state index contributed by atoms with van der Waals surface area (Å²) >= 11 is 0. The van der Waals surface area contributed by atoms with Crippen LogP contribution in [-0.2, 0) is 41.5 Å². The molecule has 2 aliphatic heterocycles. The number of carbonyl (C=O) groups excluding carboxylic acids is 2. The van der Waals surface area contributed by atoms with Crippen molar-refractivity contribution in [3.8, 4) is 0 Å². The van der Waals surface area contributed by atoms with E-state index in [1.165, 1.54) is 14.2 Å². The van der Waals surface area contributed by atoms with Gasteiger partial charge in [-0.1, -0.05) is 24.8 Å². The Balaban J connectivity index is 0.00000276. The lowest BCUT2D eigenvalue weighted by Crippen LogP contribution is -2.40. The average Bonchev–Trinajstić information content (AvgIpc) is 3.80. The number of carbonyl (C=O) groups is 4. The topological polar surface area (TPSA) is 207 Å². The van der Waals surface area contributed by atoms with E-state index in [4.69, 9.17) is 14.6 Å². The quantitative estimate of drug-likeness (QED) is 0.159. The van der Waals surface area contributed by atoms with Gasteiger partial charge in [-0.25, -0.2) is 4.79 Å². The molecule has 5 heterocycles.